The van der Waals surface area contributed by atoms with E-state index < -0.39 is 11.9 Å². The van der Waals surface area contributed by atoms with E-state index in [4.69, 9.17) is 9.52 Å². The first-order chi connectivity index (χ1) is 10.8. The van der Waals surface area contributed by atoms with Gasteiger partial charge in [0.2, 0.25) is 5.91 Å². The van der Waals surface area contributed by atoms with E-state index in [0.29, 0.717) is 25.1 Å². The Kier molecular flexibility index (Phi) is 5.08. The molecule has 1 N–H and O–H groups in total. The third-order valence-corrected chi connectivity index (χ3v) is 4.22. The minimum Gasteiger partial charge on any atom is -0.481 e. The topological polar surface area (TPSA) is 91.1 Å². The van der Waals surface area contributed by atoms with Gasteiger partial charge in [-0.05, 0) is 38.3 Å². The molecule has 1 unspecified atom stereocenters. The van der Waals surface area contributed by atoms with Crippen molar-refractivity contribution in [3.8, 4) is 0 Å². The van der Waals surface area contributed by atoms with E-state index in [1.54, 1.807) is 13.0 Å². The number of carboxylic acids is 1. The third kappa shape index (κ3) is 3.91. The normalized spacial score (nSPS) is 17.9. The van der Waals surface area contributed by atoms with Crippen LogP contribution in [0.25, 0.3) is 0 Å². The van der Waals surface area contributed by atoms with Crippen LogP contribution in [0.4, 0.5) is 0 Å². The van der Waals surface area contributed by atoms with Crippen molar-refractivity contribution >= 4 is 17.8 Å². The summed E-state index contributed by atoms with van der Waals surface area (Å²) in [6, 6.07) is 1.65. The lowest BCUT2D eigenvalue weighted by Gasteiger charge is -2.31. The number of hydrogen-bond donors (Lipinski definition) is 1. The Hall–Kier alpha value is -2.31. The SMILES string of the molecule is Cc1cc(C(=O)N(C)CC(=O)N2CCCC(C(=O)O)C2)oc1C. The quantitative estimate of drug-likeness (QED) is 0.902. The summed E-state index contributed by atoms with van der Waals surface area (Å²) in [5.41, 5.74) is 0.883. The molecule has 2 rings (SSSR count). The maximum Gasteiger partial charge on any atom is 0.308 e. The van der Waals surface area contributed by atoms with Crippen molar-refractivity contribution < 1.29 is 23.9 Å². The Balaban J connectivity index is 1.96. The molecule has 0 spiro atoms. The van der Waals surface area contributed by atoms with Crippen molar-refractivity contribution in [3.63, 3.8) is 0 Å². The van der Waals surface area contributed by atoms with Gasteiger partial charge in [-0.2, -0.15) is 0 Å². The molecule has 1 aromatic rings. The van der Waals surface area contributed by atoms with Crippen molar-refractivity contribution in [1.29, 1.82) is 0 Å². The van der Waals surface area contributed by atoms with Crippen LogP contribution in [0.5, 0.6) is 0 Å². The number of carboxylic acid groups (broad SMARTS) is 1. The fraction of sp³-hybridized carbons (Fsp3) is 0.562. The highest BCUT2D eigenvalue weighted by molar-refractivity contribution is 5.94. The third-order valence-electron chi connectivity index (χ3n) is 4.22. The number of nitrogens with zero attached hydrogens (tertiary/aromatic N) is 2. The zero-order valence-electron chi connectivity index (χ0n) is 13.7. The number of furan rings is 1. The van der Waals surface area contributed by atoms with E-state index in [1.165, 1.54) is 16.8 Å². The summed E-state index contributed by atoms with van der Waals surface area (Å²) in [6.45, 7) is 4.26. The second-order valence-corrected chi connectivity index (χ2v) is 6.03. The molecule has 0 aliphatic carbocycles. The lowest BCUT2D eigenvalue weighted by Crippen LogP contribution is -2.46. The number of likely N-dealkylation sites (tertiary alicyclic amines) is 1. The van der Waals surface area contributed by atoms with Crippen LogP contribution in [0.15, 0.2) is 10.5 Å². The van der Waals surface area contributed by atoms with Crippen LogP contribution in [0.2, 0.25) is 0 Å². The highest BCUT2D eigenvalue weighted by atomic mass is 16.4. The van der Waals surface area contributed by atoms with Crippen molar-refractivity contribution in [2.24, 2.45) is 5.92 Å². The second-order valence-electron chi connectivity index (χ2n) is 6.03. The first kappa shape index (κ1) is 17.1. The number of piperidine rings is 1. The fourth-order valence-electron chi connectivity index (χ4n) is 2.65. The van der Waals surface area contributed by atoms with Crippen LogP contribution in [0.1, 0.15) is 34.7 Å². The van der Waals surface area contributed by atoms with Gasteiger partial charge in [0.25, 0.3) is 5.91 Å². The summed E-state index contributed by atoms with van der Waals surface area (Å²) < 4.78 is 5.38. The van der Waals surface area contributed by atoms with Gasteiger partial charge in [0.15, 0.2) is 5.76 Å². The van der Waals surface area contributed by atoms with Crippen molar-refractivity contribution in [3.05, 3.63) is 23.2 Å². The number of aryl methyl sites for hydroxylation is 2. The smallest absolute Gasteiger partial charge is 0.308 e. The van der Waals surface area contributed by atoms with Gasteiger partial charge < -0.3 is 19.3 Å². The average molecular weight is 322 g/mol. The minimum atomic E-state index is -0.881. The Bertz CT molecular complexity index is 602. The van der Waals surface area contributed by atoms with E-state index in [0.717, 1.165) is 5.56 Å². The van der Waals surface area contributed by atoms with E-state index >= 15 is 0 Å². The molecule has 0 aromatic carbocycles. The highest BCUT2D eigenvalue weighted by Crippen LogP contribution is 2.18. The van der Waals surface area contributed by atoms with Gasteiger partial charge in [0, 0.05) is 20.1 Å². The maximum atomic E-state index is 12.3. The molecule has 23 heavy (non-hydrogen) atoms. The zero-order valence-corrected chi connectivity index (χ0v) is 13.7. The number of rotatable bonds is 4. The van der Waals surface area contributed by atoms with Gasteiger partial charge in [-0.15, -0.1) is 0 Å². The van der Waals surface area contributed by atoms with E-state index in [9.17, 15) is 14.4 Å². The Morgan fingerprint density at radius 3 is 2.65 bits per heavy atom. The molecule has 1 aliphatic heterocycles. The van der Waals surface area contributed by atoms with Gasteiger partial charge in [0.05, 0.1) is 12.5 Å². The maximum absolute atomic E-state index is 12.3. The summed E-state index contributed by atoms with van der Waals surface area (Å²) in [7, 11) is 1.53. The number of likely N-dealkylation sites (N-methyl/N-ethyl adjacent to an activating group) is 1. The van der Waals surface area contributed by atoms with Crippen LogP contribution in [-0.4, -0.2) is 59.4 Å². The Morgan fingerprint density at radius 2 is 2.09 bits per heavy atom. The number of amides is 2. The minimum absolute atomic E-state index is 0.0933. The Labute approximate surface area is 134 Å². The molecular formula is C16H22N2O5. The molecule has 126 valence electrons. The van der Waals surface area contributed by atoms with E-state index in [-0.39, 0.29) is 30.7 Å². The number of carbonyl (C=O) groups excluding carboxylic acids is 2. The molecule has 7 nitrogen and oxygen atoms in total. The number of aliphatic carboxylic acids is 1. The van der Waals surface area contributed by atoms with Crippen molar-refractivity contribution in [1.82, 2.24) is 9.80 Å². The number of carbonyl (C=O) groups is 3. The summed E-state index contributed by atoms with van der Waals surface area (Å²) in [6.07, 6.45) is 1.25. The largest absolute Gasteiger partial charge is 0.481 e. The molecule has 1 atom stereocenters. The summed E-state index contributed by atoms with van der Waals surface area (Å²) >= 11 is 0. The van der Waals surface area contributed by atoms with Crippen molar-refractivity contribution in [2.45, 2.75) is 26.7 Å². The van der Waals surface area contributed by atoms with Crippen LogP contribution >= 0.6 is 0 Å². The lowest BCUT2D eigenvalue weighted by atomic mass is 9.98. The van der Waals surface area contributed by atoms with Crippen LogP contribution < -0.4 is 0 Å². The van der Waals surface area contributed by atoms with Crippen LogP contribution in [-0.2, 0) is 9.59 Å². The van der Waals surface area contributed by atoms with E-state index in [2.05, 4.69) is 0 Å². The number of hydrogen-bond acceptors (Lipinski definition) is 4. The van der Waals surface area contributed by atoms with Gasteiger partial charge >= 0.3 is 5.97 Å². The van der Waals surface area contributed by atoms with Gasteiger partial charge in [-0.3, -0.25) is 14.4 Å². The van der Waals surface area contributed by atoms with Gasteiger partial charge in [0.1, 0.15) is 5.76 Å². The molecular weight excluding hydrogens is 300 g/mol. The second kappa shape index (κ2) is 6.85. The predicted octanol–water partition coefficient (Wildman–Crippen LogP) is 1.29. The highest BCUT2D eigenvalue weighted by Gasteiger charge is 2.29. The zero-order chi connectivity index (χ0) is 17.1. The van der Waals surface area contributed by atoms with Gasteiger partial charge in [-0.25, -0.2) is 0 Å². The Morgan fingerprint density at radius 1 is 1.39 bits per heavy atom. The molecule has 1 aromatic heterocycles. The lowest BCUT2D eigenvalue weighted by molar-refractivity contribution is -0.145. The molecule has 1 saturated heterocycles. The van der Waals surface area contributed by atoms with Gasteiger partial charge in [-0.1, -0.05) is 0 Å². The summed E-state index contributed by atoms with van der Waals surface area (Å²) in [5, 5.41) is 9.07. The molecule has 0 radical (unpaired) electrons. The molecule has 0 bridgehead atoms. The molecule has 2 heterocycles. The summed E-state index contributed by atoms with van der Waals surface area (Å²) in [5.74, 6) is -1.13. The first-order valence-electron chi connectivity index (χ1n) is 7.62. The van der Waals surface area contributed by atoms with Crippen LogP contribution in [0.3, 0.4) is 0 Å². The molecule has 0 saturated carbocycles. The summed E-state index contributed by atoms with van der Waals surface area (Å²) in [4.78, 5) is 38.4. The average Bonchev–Trinajstić information content (AvgIpc) is 2.85. The fourth-order valence-corrected chi connectivity index (χ4v) is 2.65. The monoisotopic (exact) mass is 322 g/mol. The van der Waals surface area contributed by atoms with E-state index in [1.807, 2.05) is 6.92 Å². The standard InChI is InChI=1S/C16H22N2O5/c1-10-7-13(23-11(10)2)15(20)17(3)9-14(19)18-6-4-5-12(8-18)16(21)22/h7,12H,4-6,8-9H2,1-3H3,(H,21,22). The molecule has 1 fully saturated rings. The first-order valence-corrected chi connectivity index (χ1v) is 7.62. The predicted molar refractivity (Wildman–Crippen MR) is 82.1 cm³/mol. The molecule has 2 amide bonds. The molecule has 7 heteroatoms. The van der Waals surface area contributed by atoms with Crippen LogP contribution in [0, 0.1) is 19.8 Å². The van der Waals surface area contributed by atoms with Crippen molar-refractivity contribution in [2.75, 3.05) is 26.7 Å². The molecule has 1 aliphatic rings.